The van der Waals surface area contributed by atoms with E-state index in [0.29, 0.717) is 13.0 Å². The first-order chi connectivity index (χ1) is 14.0. The summed E-state index contributed by atoms with van der Waals surface area (Å²) in [6.45, 7) is 1.23. The topological polar surface area (TPSA) is 83.1 Å². The fraction of sp³-hybridized carbons (Fsp3) is 0.619. The van der Waals surface area contributed by atoms with Crippen LogP contribution in [0.15, 0.2) is 18.2 Å². The highest BCUT2D eigenvalue weighted by atomic mass is 16.5. The first-order valence-electron chi connectivity index (χ1n) is 10.3. The lowest BCUT2D eigenvalue weighted by Gasteiger charge is -2.50. The van der Waals surface area contributed by atoms with Gasteiger partial charge >= 0.3 is 0 Å². The normalized spacial score (nSPS) is 29.2. The SMILES string of the molecule is COc1ccc(OC)c(CNC(=O)C2CCC3C(C2)N(C)C(=O)C2CCNN23)c1. The summed E-state index contributed by atoms with van der Waals surface area (Å²) in [6.07, 6.45) is 3.29. The first kappa shape index (κ1) is 20.0. The van der Waals surface area contributed by atoms with Crippen LogP contribution in [-0.2, 0) is 16.1 Å². The highest BCUT2D eigenvalue weighted by Gasteiger charge is 2.50. The zero-order chi connectivity index (χ0) is 20.5. The molecule has 4 atom stereocenters. The van der Waals surface area contributed by atoms with E-state index in [9.17, 15) is 9.59 Å². The number of fused-ring (bicyclic) bond motifs is 3. The Morgan fingerprint density at radius 2 is 2.03 bits per heavy atom. The second kappa shape index (κ2) is 8.20. The minimum absolute atomic E-state index is 0.0330. The summed E-state index contributed by atoms with van der Waals surface area (Å²) < 4.78 is 10.7. The molecule has 29 heavy (non-hydrogen) atoms. The molecule has 0 bridgehead atoms. The number of hydrogen-bond donors (Lipinski definition) is 2. The minimum Gasteiger partial charge on any atom is -0.497 e. The Morgan fingerprint density at radius 3 is 2.79 bits per heavy atom. The van der Waals surface area contributed by atoms with E-state index in [1.54, 1.807) is 14.2 Å². The van der Waals surface area contributed by atoms with Crippen LogP contribution in [0.2, 0.25) is 0 Å². The molecule has 1 saturated carbocycles. The van der Waals surface area contributed by atoms with Gasteiger partial charge in [0.2, 0.25) is 11.8 Å². The monoisotopic (exact) mass is 402 g/mol. The number of amides is 2. The number of methoxy groups -OCH3 is 2. The van der Waals surface area contributed by atoms with Crippen molar-refractivity contribution in [1.82, 2.24) is 20.7 Å². The molecular weight excluding hydrogens is 372 g/mol. The van der Waals surface area contributed by atoms with Crippen molar-refractivity contribution in [2.24, 2.45) is 5.92 Å². The fourth-order valence-electron chi connectivity index (χ4n) is 5.03. The molecule has 2 saturated heterocycles. The Labute approximate surface area is 171 Å². The Hall–Kier alpha value is -2.32. The Kier molecular flexibility index (Phi) is 5.65. The van der Waals surface area contributed by atoms with Crippen molar-refractivity contribution >= 4 is 11.8 Å². The van der Waals surface area contributed by atoms with Gasteiger partial charge < -0.3 is 19.7 Å². The fourth-order valence-corrected chi connectivity index (χ4v) is 5.03. The number of piperazine rings is 1. The van der Waals surface area contributed by atoms with Crippen LogP contribution in [0.5, 0.6) is 11.5 Å². The van der Waals surface area contributed by atoms with Gasteiger partial charge in [0, 0.05) is 43.7 Å². The molecule has 8 heteroatoms. The molecule has 1 aromatic rings. The zero-order valence-corrected chi connectivity index (χ0v) is 17.3. The minimum atomic E-state index is -0.0951. The van der Waals surface area contributed by atoms with Gasteiger partial charge in [-0.1, -0.05) is 0 Å². The number of carbonyl (C=O) groups excluding carboxylic acids is 2. The summed E-state index contributed by atoms with van der Waals surface area (Å²) in [5.41, 5.74) is 4.26. The van der Waals surface area contributed by atoms with Gasteiger partial charge in [-0.3, -0.25) is 15.0 Å². The largest absolute Gasteiger partial charge is 0.497 e. The summed E-state index contributed by atoms with van der Waals surface area (Å²) in [4.78, 5) is 27.5. The third-order valence-electron chi connectivity index (χ3n) is 6.63. The Morgan fingerprint density at radius 1 is 1.21 bits per heavy atom. The summed E-state index contributed by atoms with van der Waals surface area (Å²) in [5.74, 6) is 1.55. The van der Waals surface area contributed by atoms with Gasteiger partial charge in [-0.2, -0.15) is 0 Å². The predicted molar refractivity (Wildman–Crippen MR) is 107 cm³/mol. The molecule has 3 aliphatic rings. The number of ether oxygens (including phenoxy) is 2. The van der Waals surface area contributed by atoms with E-state index in [1.165, 1.54) is 0 Å². The lowest BCUT2D eigenvalue weighted by atomic mass is 9.79. The van der Waals surface area contributed by atoms with Crippen LogP contribution in [0.1, 0.15) is 31.2 Å². The third kappa shape index (κ3) is 3.67. The van der Waals surface area contributed by atoms with Gasteiger partial charge in [0.15, 0.2) is 0 Å². The molecule has 1 aromatic carbocycles. The molecule has 4 rings (SSSR count). The van der Waals surface area contributed by atoms with Gasteiger partial charge in [0.05, 0.1) is 14.2 Å². The second-order valence-electron chi connectivity index (χ2n) is 8.11. The van der Waals surface area contributed by atoms with Crippen LogP contribution in [0.25, 0.3) is 0 Å². The van der Waals surface area contributed by atoms with Gasteiger partial charge in [-0.15, -0.1) is 0 Å². The van der Waals surface area contributed by atoms with E-state index in [0.717, 1.165) is 42.9 Å². The van der Waals surface area contributed by atoms with Gasteiger partial charge in [0.25, 0.3) is 0 Å². The highest BCUT2D eigenvalue weighted by Crippen LogP contribution is 2.36. The number of nitrogens with zero attached hydrogens (tertiary/aromatic N) is 2. The Bertz CT molecular complexity index is 786. The van der Waals surface area contributed by atoms with Crippen molar-refractivity contribution < 1.29 is 19.1 Å². The van der Waals surface area contributed by atoms with Crippen LogP contribution in [-0.4, -0.2) is 67.7 Å². The lowest BCUT2D eigenvalue weighted by molar-refractivity contribution is -0.153. The van der Waals surface area contributed by atoms with Crippen LogP contribution in [0, 0.1) is 5.92 Å². The standard InChI is InChI=1S/C21H30N4O4/c1-24-18-11-13(4-6-16(18)25-17(21(24)27)8-9-23-25)20(26)22-12-14-10-15(28-2)5-7-19(14)29-3/h5,7,10,13,16-18,23H,4,6,8-9,11-12H2,1-3H3,(H,22,26). The average molecular weight is 402 g/mol. The molecule has 4 unspecified atom stereocenters. The molecule has 2 heterocycles. The van der Waals surface area contributed by atoms with Crippen molar-refractivity contribution in [3.05, 3.63) is 23.8 Å². The molecule has 158 valence electrons. The number of nitrogens with one attached hydrogen (secondary N) is 2. The Balaban J connectivity index is 1.40. The van der Waals surface area contributed by atoms with Crippen molar-refractivity contribution in [2.45, 2.75) is 50.4 Å². The molecule has 2 N–H and O–H groups in total. The molecule has 0 spiro atoms. The van der Waals surface area contributed by atoms with Crippen molar-refractivity contribution in [2.75, 3.05) is 27.8 Å². The van der Waals surface area contributed by atoms with E-state index in [4.69, 9.17) is 9.47 Å². The van der Waals surface area contributed by atoms with E-state index < -0.39 is 0 Å². The third-order valence-corrected chi connectivity index (χ3v) is 6.63. The lowest BCUT2D eigenvalue weighted by Crippen LogP contribution is -2.67. The van der Waals surface area contributed by atoms with E-state index in [2.05, 4.69) is 15.8 Å². The summed E-state index contributed by atoms with van der Waals surface area (Å²) in [6, 6.07) is 5.86. The molecule has 0 radical (unpaired) electrons. The summed E-state index contributed by atoms with van der Waals surface area (Å²) in [7, 11) is 5.12. The number of rotatable bonds is 5. The number of hydrazine groups is 1. The maximum atomic E-state index is 12.9. The van der Waals surface area contributed by atoms with Crippen molar-refractivity contribution in [3.63, 3.8) is 0 Å². The number of benzene rings is 1. The zero-order valence-electron chi connectivity index (χ0n) is 17.3. The smallest absolute Gasteiger partial charge is 0.241 e. The predicted octanol–water partition coefficient (Wildman–Crippen LogP) is 0.908. The molecule has 2 amide bonds. The van der Waals surface area contributed by atoms with Crippen LogP contribution < -0.4 is 20.2 Å². The average Bonchev–Trinajstić information content (AvgIpc) is 3.25. The van der Waals surface area contributed by atoms with Crippen LogP contribution in [0.3, 0.4) is 0 Å². The van der Waals surface area contributed by atoms with Crippen LogP contribution >= 0.6 is 0 Å². The number of carbonyl (C=O) groups is 2. The molecule has 8 nitrogen and oxygen atoms in total. The van der Waals surface area contributed by atoms with Gasteiger partial charge in [-0.25, -0.2) is 5.01 Å². The summed E-state index contributed by atoms with van der Waals surface area (Å²) >= 11 is 0. The maximum Gasteiger partial charge on any atom is 0.241 e. The number of hydrogen-bond acceptors (Lipinski definition) is 6. The molecule has 3 fully saturated rings. The quantitative estimate of drug-likeness (QED) is 0.762. The molecule has 1 aliphatic carbocycles. The summed E-state index contributed by atoms with van der Waals surface area (Å²) in [5, 5.41) is 5.21. The van der Waals surface area contributed by atoms with E-state index >= 15 is 0 Å². The first-order valence-corrected chi connectivity index (χ1v) is 10.3. The number of likely N-dealkylation sites (N-methyl/N-ethyl adjacent to an activating group) is 1. The molecule has 2 aliphatic heterocycles. The van der Waals surface area contributed by atoms with Gasteiger partial charge in [-0.05, 0) is 43.9 Å². The maximum absolute atomic E-state index is 12.9. The van der Waals surface area contributed by atoms with E-state index in [1.807, 2.05) is 30.1 Å². The van der Waals surface area contributed by atoms with Crippen LogP contribution in [0.4, 0.5) is 0 Å². The highest BCUT2D eigenvalue weighted by molar-refractivity contribution is 5.84. The van der Waals surface area contributed by atoms with Crippen molar-refractivity contribution in [1.29, 1.82) is 0 Å². The van der Waals surface area contributed by atoms with Gasteiger partial charge in [0.1, 0.15) is 17.5 Å². The molecular formula is C21H30N4O4. The second-order valence-corrected chi connectivity index (χ2v) is 8.11. The van der Waals surface area contributed by atoms with E-state index in [-0.39, 0.29) is 35.9 Å². The van der Waals surface area contributed by atoms with Crippen molar-refractivity contribution in [3.8, 4) is 11.5 Å². The molecule has 0 aromatic heterocycles.